The molecule has 0 amide bonds. The van der Waals surface area contributed by atoms with Crippen molar-refractivity contribution >= 4 is 6.01 Å². The Labute approximate surface area is 48.4 Å². The molecule has 0 bridgehead atoms. The van der Waals surface area contributed by atoms with Gasteiger partial charge in [-0.1, -0.05) is 5.10 Å². The second kappa shape index (κ2) is 1.81. The summed E-state index contributed by atoms with van der Waals surface area (Å²) in [5.74, 6) is 0.578. The van der Waals surface area contributed by atoms with E-state index < -0.39 is 0 Å². The van der Waals surface area contributed by atoms with Gasteiger partial charge in [-0.05, 0) is 0 Å². The average Bonchev–Trinajstić information content (AvgIpc) is 2.14. The molecule has 0 aliphatic carbocycles. The Morgan fingerprint density at radius 3 is 2.62 bits per heavy atom. The van der Waals surface area contributed by atoms with Crippen LogP contribution in [-0.2, 0) is 0 Å². The van der Waals surface area contributed by atoms with Crippen molar-refractivity contribution < 1.29 is 5.84 Å². The summed E-state index contributed by atoms with van der Waals surface area (Å²) in [4.78, 5) is 0. The molecule has 0 aliphatic heterocycles. The number of aromatic nitrogens is 2. The zero-order chi connectivity index (χ0) is 5.98. The highest BCUT2D eigenvalue weighted by Gasteiger charge is 1.94. The second-order valence-electron chi connectivity index (χ2n) is 1.38. The molecule has 0 fully saturated rings. The standard InChI is InChI=1S/C4H7N3O.H2/c1-3-6-7-4(5-2)8-3;/h1-2H3,(H,5,7);1H. The van der Waals surface area contributed by atoms with E-state index in [1.807, 2.05) is 0 Å². The molecule has 0 aliphatic rings. The molecule has 0 spiro atoms. The molecule has 0 radical (unpaired) electrons. The Morgan fingerprint density at radius 1 is 1.62 bits per heavy atom. The molecule has 0 aromatic carbocycles. The molecule has 1 rings (SSSR count). The third-order valence-electron chi connectivity index (χ3n) is 0.740. The average molecular weight is 115 g/mol. The fourth-order valence-electron chi connectivity index (χ4n) is 0.398. The van der Waals surface area contributed by atoms with Crippen molar-refractivity contribution in [2.45, 2.75) is 6.92 Å². The van der Waals surface area contributed by atoms with Crippen molar-refractivity contribution in [2.75, 3.05) is 12.4 Å². The van der Waals surface area contributed by atoms with Gasteiger partial charge in [0.2, 0.25) is 5.89 Å². The number of hydrogen-bond donors (Lipinski definition) is 1. The zero-order valence-corrected chi connectivity index (χ0v) is 4.80. The number of nitrogens with one attached hydrogen (secondary N) is 1. The summed E-state index contributed by atoms with van der Waals surface area (Å²) in [6, 6.07) is 0.461. The SMILES string of the molecule is CNc1nnc(C)o1.[HH]. The number of nitrogens with zero attached hydrogens (tertiary/aromatic N) is 2. The lowest BCUT2D eigenvalue weighted by molar-refractivity contribution is 0.534. The molecule has 0 atom stereocenters. The van der Waals surface area contributed by atoms with Gasteiger partial charge < -0.3 is 9.73 Å². The molecule has 1 aromatic rings. The Hall–Kier alpha value is -1.06. The number of hydrogen-bond acceptors (Lipinski definition) is 4. The van der Waals surface area contributed by atoms with Crippen LogP contribution in [0.15, 0.2) is 4.42 Å². The molecule has 1 N–H and O–H groups in total. The lowest BCUT2D eigenvalue weighted by atomic mass is 10.8. The Bertz CT molecular complexity index is 176. The maximum absolute atomic E-state index is 4.90. The summed E-state index contributed by atoms with van der Waals surface area (Å²) < 4.78 is 4.90. The van der Waals surface area contributed by atoms with E-state index in [2.05, 4.69) is 15.5 Å². The first-order chi connectivity index (χ1) is 3.83. The quantitative estimate of drug-likeness (QED) is 0.584. The zero-order valence-electron chi connectivity index (χ0n) is 4.80. The Kier molecular flexibility index (Phi) is 1.15. The molecule has 46 valence electrons. The number of rotatable bonds is 1. The second-order valence-corrected chi connectivity index (χ2v) is 1.38. The summed E-state index contributed by atoms with van der Waals surface area (Å²) in [5, 5.41) is 9.92. The van der Waals surface area contributed by atoms with E-state index in [1.54, 1.807) is 14.0 Å². The van der Waals surface area contributed by atoms with E-state index in [9.17, 15) is 0 Å². The maximum Gasteiger partial charge on any atom is 0.315 e. The maximum atomic E-state index is 4.90. The summed E-state index contributed by atoms with van der Waals surface area (Å²) in [7, 11) is 1.73. The molecule has 8 heavy (non-hydrogen) atoms. The molecule has 4 nitrogen and oxygen atoms in total. The van der Waals surface area contributed by atoms with Gasteiger partial charge in [0, 0.05) is 15.4 Å². The molecule has 1 heterocycles. The van der Waals surface area contributed by atoms with Gasteiger partial charge in [-0.15, -0.1) is 5.10 Å². The van der Waals surface area contributed by atoms with Crippen molar-refractivity contribution in [3.8, 4) is 0 Å². The van der Waals surface area contributed by atoms with Crippen LogP contribution in [0.1, 0.15) is 7.32 Å². The van der Waals surface area contributed by atoms with Gasteiger partial charge in [0.1, 0.15) is 0 Å². The van der Waals surface area contributed by atoms with Crippen molar-refractivity contribution in [1.29, 1.82) is 0 Å². The van der Waals surface area contributed by atoms with Gasteiger partial charge in [0.25, 0.3) is 0 Å². The van der Waals surface area contributed by atoms with E-state index in [4.69, 9.17) is 4.42 Å². The Morgan fingerprint density at radius 2 is 2.38 bits per heavy atom. The summed E-state index contributed by atoms with van der Waals surface area (Å²) >= 11 is 0. The highest BCUT2D eigenvalue weighted by atomic mass is 16.4. The molecular weight excluding hydrogens is 106 g/mol. The normalized spacial score (nSPS) is 9.25. The highest BCUT2D eigenvalue weighted by Crippen LogP contribution is 2.00. The van der Waals surface area contributed by atoms with Gasteiger partial charge in [-0.3, -0.25) is 0 Å². The molecule has 1 aromatic heterocycles. The van der Waals surface area contributed by atoms with Crippen molar-refractivity contribution in [1.82, 2.24) is 10.2 Å². The largest absolute Gasteiger partial charge is 0.408 e. The van der Waals surface area contributed by atoms with Crippen LogP contribution < -0.4 is 5.32 Å². The lowest BCUT2D eigenvalue weighted by Crippen LogP contribution is -1.85. The van der Waals surface area contributed by atoms with Crippen LogP contribution in [0.5, 0.6) is 0 Å². The van der Waals surface area contributed by atoms with E-state index in [1.165, 1.54) is 0 Å². The fraction of sp³-hybridized carbons (Fsp3) is 0.500. The van der Waals surface area contributed by atoms with Gasteiger partial charge in [0.15, 0.2) is 0 Å². The van der Waals surface area contributed by atoms with Crippen molar-refractivity contribution in [3.05, 3.63) is 5.89 Å². The van der Waals surface area contributed by atoms with Crippen LogP contribution >= 0.6 is 0 Å². The van der Waals surface area contributed by atoms with Crippen LogP contribution in [0.2, 0.25) is 0 Å². The molecule has 0 saturated heterocycles. The predicted octanol–water partition coefficient (Wildman–Crippen LogP) is 0.666. The minimum Gasteiger partial charge on any atom is -0.408 e. The number of anilines is 1. The van der Waals surface area contributed by atoms with Crippen LogP contribution in [-0.4, -0.2) is 17.2 Å². The van der Waals surface area contributed by atoms with Crippen molar-refractivity contribution in [2.24, 2.45) is 0 Å². The fourth-order valence-corrected chi connectivity index (χ4v) is 0.398. The third-order valence-corrected chi connectivity index (χ3v) is 0.740. The third kappa shape index (κ3) is 0.776. The van der Waals surface area contributed by atoms with E-state index in [0.29, 0.717) is 11.9 Å². The minimum atomic E-state index is 0. The first kappa shape index (κ1) is 5.08. The van der Waals surface area contributed by atoms with Crippen LogP contribution in [0.3, 0.4) is 0 Å². The molecule has 0 unspecified atom stereocenters. The van der Waals surface area contributed by atoms with Crippen LogP contribution in [0.4, 0.5) is 6.01 Å². The van der Waals surface area contributed by atoms with Crippen LogP contribution in [0.25, 0.3) is 0 Å². The monoisotopic (exact) mass is 115 g/mol. The summed E-state index contributed by atoms with van der Waals surface area (Å²) in [6.45, 7) is 1.74. The number of aryl methyl sites for hydroxylation is 1. The molecule has 4 heteroatoms. The molecular formula is C4H9N3O. The van der Waals surface area contributed by atoms with Gasteiger partial charge in [-0.2, -0.15) is 0 Å². The summed E-state index contributed by atoms with van der Waals surface area (Å²) in [5.41, 5.74) is 0. The van der Waals surface area contributed by atoms with Gasteiger partial charge >= 0.3 is 6.01 Å². The van der Waals surface area contributed by atoms with E-state index in [-0.39, 0.29) is 1.43 Å². The lowest BCUT2D eigenvalue weighted by Gasteiger charge is -1.82. The topological polar surface area (TPSA) is 51.0 Å². The van der Waals surface area contributed by atoms with Crippen LogP contribution in [0, 0.1) is 6.92 Å². The Balaban J connectivity index is 0.000000640. The van der Waals surface area contributed by atoms with Crippen molar-refractivity contribution in [3.63, 3.8) is 0 Å². The predicted molar refractivity (Wildman–Crippen MR) is 30.7 cm³/mol. The molecule has 0 saturated carbocycles. The first-order valence-corrected chi connectivity index (χ1v) is 2.31. The minimum absolute atomic E-state index is 0. The smallest absolute Gasteiger partial charge is 0.315 e. The highest BCUT2D eigenvalue weighted by molar-refractivity contribution is 5.13. The first-order valence-electron chi connectivity index (χ1n) is 2.31. The summed E-state index contributed by atoms with van der Waals surface area (Å²) in [6.07, 6.45) is 0. The van der Waals surface area contributed by atoms with E-state index >= 15 is 0 Å². The van der Waals surface area contributed by atoms with Gasteiger partial charge in [-0.25, -0.2) is 0 Å². The van der Waals surface area contributed by atoms with E-state index in [0.717, 1.165) is 0 Å². The van der Waals surface area contributed by atoms with Gasteiger partial charge in [0.05, 0.1) is 0 Å².